The van der Waals surface area contributed by atoms with E-state index in [1.54, 1.807) is 56.4 Å². The normalized spacial score (nSPS) is 17.3. The van der Waals surface area contributed by atoms with Gasteiger partial charge in [0.1, 0.15) is 35.6 Å². The molecule has 0 bridgehead atoms. The first-order valence-electron chi connectivity index (χ1n) is 17.6. The van der Waals surface area contributed by atoms with Gasteiger partial charge in [0.15, 0.2) is 5.76 Å². The average molecular weight is 748 g/mol. The van der Waals surface area contributed by atoms with Gasteiger partial charge in [0, 0.05) is 18.4 Å². The van der Waals surface area contributed by atoms with E-state index in [9.17, 15) is 24.3 Å². The monoisotopic (exact) mass is 747 g/mol. The highest BCUT2D eigenvalue weighted by atomic mass is 32.1. The predicted molar refractivity (Wildman–Crippen MR) is 202 cm³/mol. The third-order valence-corrected chi connectivity index (χ3v) is 9.76. The van der Waals surface area contributed by atoms with E-state index in [-0.39, 0.29) is 43.8 Å². The van der Waals surface area contributed by atoms with Crippen LogP contribution in [0.3, 0.4) is 0 Å². The second-order valence-corrected chi connectivity index (χ2v) is 16.2. The molecule has 1 unspecified atom stereocenters. The zero-order valence-corrected chi connectivity index (χ0v) is 32.3. The number of likely N-dealkylation sites (tertiary alicyclic amines) is 1. The number of alkyl carbamates (subject to hydrolysis) is 1. The number of benzene rings is 2. The standard InChI is InChI=1S/C39H49N5O8S/c1-22(24-9-11-25(12-10-24)32-23(2)41-21-53-32)42-34(46)29-19-27(45)20-44(29)36(48)33(38(3,4)5)43-35(47)31-18-26-17-28(13-14-30(26)51-31)50-16-15-40-37(49)52-39(6,7)8/h9-14,17-18,21-22,27,29,33,45H,15-16,19-20H2,1-8H3,(H,40,49)(H,42,46)(H,43,47)/t22-,27+,29-,33?/m0/s1. The predicted octanol–water partition coefficient (Wildman–Crippen LogP) is 5.75. The summed E-state index contributed by atoms with van der Waals surface area (Å²) in [6.07, 6.45) is -1.37. The minimum Gasteiger partial charge on any atom is -0.492 e. The highest BCUT2D eigenvalue weighted by Crippen LogP contribution is 2.30. The van der Waals surface area contributed by atoms with Crippen molar-refractivity contribution in [3.05, 3.63) is 71.1 Å². The number of nitrogens with zero attached hydrogens (tertiary/aromatic N) is 2. The van der Waals surface area contributed by atoms with E-state index in [4.69, 9.17) is 13.9 Å². The molecule has 1 saturated heterocycles. The lowest BCUT2D eigenvalue weighted by Crippen LogP contribution is -2.57. The molecule has 0 saturated carbocycles. The van der Waals surface area contributed by atoms with Crippen molar-refractivity contribution in [3.8, 4) is 16.2 Å². The maximum atomic E-state index is 14.1. The Morgan fingerprint density at radius 1 is 1.04 bits per heavy atom. The van der Waals surface area contributed by atoms with E-state index >= 15 is 0 Å². The Bertz CT molecular complexity index is 1940. The number of carbonyl (C=O) groups excluding carboxylic acids is 4. The molecule has 13 nitrogen and oxygen atoms in total. The number of furan rings is 1. The summed E-state index contributed by atoms with van der Waals surface area (Å²) in [5.74, 6) is -0.976. The number of aromatic nitrogens is 1. The molecule has 4 aromatic rings. The summed E-state index contributed by atoms with van der Waals surface area (Å²) in [4.78, 5) is 60.0. The smallest absolute Gasteiger partial charge is 0.407 e. The quantitative estimate of drug-likeness (QED) is 0.139. The van der Waals surface area contributed by atoms with Crippen molar-refractivity contribution in [3.63, 3.8) is 0 Å². The summed E-state index contributed by atoms with van der Waals surface area (Å²) in [7, 11) is 0. The molecule has 14 heteroatoms. The van der Waals surface area contributed by atoms with Crippen LogP contribution in [0, 0.1) is 12.3 Å². The number of aryl methyl sites for hydroxylation is 1. The number of thiazole rings is 1. The number of ether oxygens (including phenoxy) is 2. The number of fused-ring (bicyclic) bond motifs is 1. The summed E-state index contributed by atoms with van der Waals surface area (Å²) in [6, 6.07) is 12.2. The van der Waals surface area contributed by atoms with Gasteiger partial charge in [-0.1, -0.05) is 45.0 Å². The van der Waals surface area contributed by atoms with Crippen molar-refractivity contribution in [1.82, 2.24) is 25.8 Å². The lowest BCUT2D eigenvalue weighted by atomic mass is 9.85. The van der Waals surface area contributed by atoms with Crippen LogP contribution in [0.25, 0.3) is 21.4 Å². The number of aliphatic hydroxyl groups is 1. The fourth-order valence-electron chi connectivity index (χ4n) is 6.08. The molecule has 2 aromatic carbocycles. The molecule has 0 radical (unpaired) electrons. The SMILES string of the molecule is Cc1ncsc1-c1ccc([C@H](C)NC(=O)[C@@H]2C[C@@H](O)CN2C(=O)C(NC(=O)c2cc3cc(OCCNC(=O)OC(C)(C)C)ccc3o2)C(C)(C)C)cc1. The highest BCUT2D eigenvalue weighted by molar-refractivity contribution is 7.13. The molecule has 284 valence electrons. The summed E-state index contributed by atoms with van der Waals surface area (Å²) >= 11 is 1.57. The molecular formula is C39H49N5O8S. The maximum absolute atomic E-state index is 14.1. The first kappa shape index (κ1) is 39.3. The molecule has 0 spiro atoms. The Kier molecular flexibility index (Phi) is 11.8. The van der Waals surface area contributed by atoms with Crippen LogP contribution in [-0.4, -0.2) is 82.3 Å². The van der Waals surface area contributed by atoms with Gasteiger partial charge >= 0.3 is 6.09 Å². The third kappa shape index (κ3) is 9.93. The topological polar surface area (TPSA) is 172 Å². The fourth-order valence-corrected chi connectivity index (χ4v) is 6.89. The Morgan fingerprint density at radius 3 is 2.40 bits per heavy atom. The maximum Gasteiger partial charge on any atom is 0.407 e. The first-order chi connectivity index (χ1) is 24.9. The van der Waals surface area contributed by atoms with E-state index in [0.29, 0.717) is 16.7 Å². The first-order valence-corrected chi connectivity index (χ1v) is 18.5. The van der Waals surface area contributed by atoms with Crippen LogP contribution < -0.4 is 20.7 Å². The molecule has 1 aliphatic heterocycles. The lowest BCUT2D eigenvalue weighted by molar-refractivity contribution is -0.142. The summed E-state index contributed by atoms with van der Waals surface area (Å²) in [5, 5.41) is 19.7. The highest BCUT2D eigenvalue weighted by Gasteiger charge is 2.45. The van der Waals surface area contributed by atoms with Gasteiger partial charge in [-0.25, -0.2) is 9.78 Å². The summed E-state index contributed by atoms with van der Waals surface area (Å²) < 4.78 is 16.8. The van der Waals surface area contributed by atoms with Crippen LogP contribution in [0.2, 0.25) is 0 Å². The van der Waals surface area contributed by atoms with Crippen molar-refractivity contribution >= 4 is 46.1 Å². The van der Waals surface area contributed by atoms with Gasteiger partial charge in [0.25, 0.3) is 5.91 Å². The molecule has 4 atom stereocenters. The second kappa shape index (κ2) is 16.0. The van der Waals surface area contributed by atoms with Gasteiger partial charge in [-0.2, -0.15) is 0 Å². The number of aliphatic hydroxyl groups excluding tert-OH is 1. The molecule has 2 aromatic heterocycles. The number of amides is 4. The van der Waals surface area contributed by atoms with Crippen molar-refractivity contribution in [2.75, 3.05) is 19.7 Å². The minimum atomic E-state index is -1.04. The molecule has 0 aliphatic carbocycles. The zero-order chi connectivity index (χ0) is 38.7. The molecule has 5 rings (SSSR count). The summed E-state index contributed by atoms with van der Waals surface area (Å²) in [6.45, 7) is 15.0. The number of nitrogens with one attached hydrogen (secondary N) is 3. The van der Waals surface area contributed by atoms with Crippen molar-refractivity contribution in [2.45, 2.75) is 91.6 Å². The third-order valence-electron chi connectivity index (χ3n) is 8.78. The molecular weight excluding hydrogens is 699 g/mol. The van der Waals surface area contributed by atoms with Crippen LogP contribution in [0.4, 0.5) is 4.79 Å². The van der Waals surface area contributed by atoms with Gasteiger partial charge < -0.3 is 39.8 Å². The van der Waals surface area contributed by atoms with E-state index in [1.807, 2.05) is 64.4 Å². The van der Waals surface area contributed by atoms with Crippen LogP contribution in [-0.2, 0) is 14.3 Å². The number of rotatable bonds is 11. The number of carbonyl (C=O) groups is 4. The van der Waals surface area contributed by atoms with Crippen LogP contribution >= 0.6 is 11.3 Å². The van der Waals surface area contributed by atoms with Gasteiger partial charge in [-0.15, -0.1) is 11.3 Å². The van der Waals surface area contributed by atoms with Crippen molar-refractivity contribution in [1.29, 1.82) is 0 Å². The van der Waals surface area contributed by atoms with Crippen molar-refractivity contribution in [2.24, 2.45) is 5.41 Å². The van der Waals surface area contributed by atoms with Gasteiger partial charge in [0.2, 0.25) is 11.8 Å². The van der Waals surface area contributed by atoms with E-state index in [0.717, 1.165) is 21.7 Å². The molecule has 3 heterocycles. The lowest BCUT2D eigenvalue weighted by Gasteiger charge is -2.35. The van der Waals surface area contributed by atoms with E-state index < -0.39 is 47.1 Å². The summed E-state index contributed by atoms with van der Waals surface area (Å²) in [5.41, 5.74) is 3.78. The zero-order valence-electron chi connectivity index (χ0n) is 31.4. The van der Waals surface area contributed by atoms with Crippen molar-refractivity contribution < 1.29 is 38.2 Å². The van der Waals surface area contributed by atoms with Crippen LogP contribution in [0.15, 0.2) is 58.5 Å². The molecule has 4 N–H and O–H groups in total. The number of hydrogen-bond donors (Lipinski definition) is 4. The Labute approximate surface area is 313 Å². The fraction of sp³-hybridized carbons (Fsp3) is 0.462. The second-order valence-electron chi connectivity index (χ2n) is 15.4. The minimum absolute atomic E-state index is 0.00751. The Balaban J connectivity index is 1.22. The van der Waals surface area contributed by atoms with E-state index in [2.05, 4.69) is 20.9 Å². The average Bonchev–Trinajstić information content (AvgIpc) is 3.81. The number of hydrogen-bond acceptors (Lipinski definition) is 10. The van der Waals surface area contributed by atoms with Crippen LogP contribution in [0.1, 0.15) is 82.7 Å². The Morgan fingerprint density at radius 2 is 1.75 bits per heavy atom. The molecule has 1 aliphatic rings. The molecule has 53 heavy (non-hydrogen) atoms. The van der Waals surface area contributed by atoms with Gasteiger partial charge in [0.05, 0.1) is 34.8 Å². The molecule has 1 fully saturated rings. The molecule has 4 amide bonds. The van der Waals surface area contributed by atoms with E-state index in [1.165, 1.54) is 4.90 Å². The number of β-amino-alcohol motifs (C(OH)–C–C–N with tert-alkyl or cyclic N) is 1. The van der Waals surface area contributed by atoms with Gasteiger partial charge in [-0.05, 0) is 75.4 Å². The van der Waals surface area contributed by atoms with Crippen LogP contribution in [0.5, 0.6) is 5.75 Å². The Hall–Kier alpha value is -4.95. The van der Waals surface area contributed by atoms with Gasteiger partial charge in [-0.3, -0.25) is 14.4 Å². The largest absolute Gasteiger partial charge is 0.492 e.